The van der Waals surface area contributed by atoms with Gasteiger partial charge >= 0.3 is 0 Å². The predicted octanol–water partition coefficient (Wildman–Crippen LogP) is 2.19. The van der Waals surface area contributed by atoms with E-state index in [1.165, 1.54) is 0 Å². The molecule has 0 spiro atoms. The molecule has 0 aromatic carbocycles. The van der Waals surface area contributed by atoms with Gasteiger partial charge in [0, 0.05) is 6.42 Å². The van der Waals surface area contributed by atoms with Gasteiger partial charge in [0.15, 0.2) is 6.29 Å². The zero-order chi connectivity index (χ0) is 12.3. The van der Waals surface area contributed by atoms with Gasteiger partial charge in [0.25, 0.3) is 10.1 Å². The topological polar surface area (TPSA) is 60.4 Å². The maximum absolute atomic E-state index is 11.1. The summed E-state index contributed by atoms with van der Waals surface area (Å²) >= 11 is 0. The number of unbranched alkanes of at least 4 members (excludes halogenated alkanes) is 6. The Hall–Kier alpha value is -0.420. The Morgan fingerprint density at radius 3 is 2.12 bits per heavy atom. The van der Waals surface area contributed by atoms with Gasteiger partial charge in [-0.2, -0.15) is 8.42 Å². The Labute approximate surface area is 98.5 Å². The van der Waals surface area contributed by atoms with Gasteiger partial charge in [0.05, 0.1) is 12.4 Å². The first-order valence-electron chi connectivity index (χ1n) is 5.84. The highest BCUT2D eigenvalue weighted by molar-refractivity contribution is 7.86. The van der Waals surface area contributed by atoms with Crippen molar-refractivity contribution in [2.45, 2.75) is 51.9 Å². The summed E-state index contributed by atoms with van der Waals surface area (Å²) in [4.78, 5) is 9.91. The molecular formula is C11H21O4S. The standard InChI is InChI=1S/C11H21O4S/c1-2-15-16(13,14)11-9-7-5-3-4-6-8-10-12/h2-9,11H2,1H3. The van der Waals surface area contributed by atoms with Crippen molar-refractivity contribution in [3.8, 4) is 0 Å². The lowest BCUT2D eigenvalue weighted by atomic mass is 10.1. The van der Waals surface area contributed by atoms with Crippen molar-refractivity contribution in [3.05, 3.63) is 0 Å². The average Bonchev–Trinajstić information content (AvgIpc) is 2.22. The molecule has 0 aromatic rings. The van der Waals surface area contributed by atoms with Gasteiger partial charge in [-0.3, -0.25) is 8.98 Å². The minimum absolute atomic E-state index is 0.114. The minimum Gasteiger partial charge on any atom is -0.291 e. The monoisotopic (exact) mass is 249 g/mol. The van der Waals surface area contributed by atoms with Crippen molar-refractivity contribution >= 4 is 16.4 Å². The van der Waals surface area contributed by atoms with Gasteiger partial charge in [-0.25, -0.2) is 0 Å². The summed E-state index contributed by atoms with van der Waals surface area (Å²) in [6, 6.07) is 0. The van der Waals surface area contributed by atoms with Crippen LogP contribution < -0.4 is 0 Å². The van der Waals surface area contributed by atoms with Crippen molar-refractivity contribution in [1.29, 1.82) is 0 Å². The summed E-state index contributed by atoms with van der Waals surface area (Å²) in [7, 11) is -3.28. The zero-order valence-electron chi connectivity index (χ0n) is 9.91. The van der Waals surface area contributed by atoms with Crippen molar-refractivity contribution in [2.75, 3.05) is 12.4 Å². The van der Waals surface area contributed by atoms with Crippen LogP contribution in [0.2, 0.25) is 0 Å². The van der Waals surface area contributed by atoms with Gasteiger partial charge in [0.1, 0.15) is 0 Å². The van der Waals surface area contributed by atoms with E-state index in [1.54, 1.807) is 6.92 Å². The molecule has 0 aliphatic rings. The molecular weight excluding hydrogens is 228 g/mol. The molecule has 0 aliphatic carbocycles. The quantitative estimate of drug-likeness (QED) is 0.416. The van der Waals surface area contributed by atoms with Crippen molar-refractivity contribution in [2.24, 2.45) is 0 Å². The van der Waals surface area contributed by atoms with Crippen LogP contribution in [0.15, 0.2) is 0 Å². The molecule has 0 aliphatic heterocycles. The number of rotatable bonds is 11. The van der Waals surface area contributed by atoms with E-state index in [0.29, 0.717) is 12.8 Å². The van der Waals surface area contributed by atoms with Crippen LogP contribution in [0, 0.1) is 0 Å². The second-order valence-corrected chi connectivity index (χ2v) is 5.44. The second kappa shape index (κ2) is 9.78. The maximum atomic E-state index is 11.1. The highest BCUT2D eigenvalue weighted by atomic mass is 32.2. The number of hydrogen-bond donors (Lipinski definition) is 0. The van der Waals surface area contributed by atoms with Crippen LogP contribution in [0.3, 0.4) is 0 Å². The van der Waals surface area contributed by atoms with E-state index in [-0.39, 0.29) is 12.4 Å². The van der Waals surface area contributed by atoms with Crippen LogP contribution in [0.1, 0.15) is 51.9 Å². The van der Waals surface area contributed by atoms with E-state index in [4.69, 9.17) is 0 Å². The summed E-state index contributed by atoms with van der Waals surface area (Å²) < 4.78 is 26.9. The first kappa shape index (κ1) is 15.6. The molecule has 95 valence electrons. The summed E-state index contributed by atoms with van der Waals surface area (Å²) in [5, 5.41) is 0. The molecule has 0 rings (SSSR count). The van der Waals surface area contributed by atoms with Gasteiger partial charge in [-0.15, -0.1) is 0 Å². The Morgan fingerprint density at radius 1 is 1.00 bits per heavy atom. The Morgan fingerprint density at radius 2 is 1.56 bits per heavy atom. The molecule has 4 nitrogen and oxygen atoms in total. The molecule has 0 N–H and O–H groups in total. The SMILES string of the molecule is CCOS(=O)(=O)CCCCCCCC[C]=O. The molecule has 0 atom stereocenters. The van der Waals surface area contributed by atoms with E-state index in [2.05, 4.69) is 4.18 Å². The predicted molar refractivity (Wildman–Crippen MR) is 63.4 cm³/mol. The molecule has 1 radical (unpaired) electrons. The first-order valence-corrected chi connectivity index (χ1v) is 7.42. The molecule has 16 heavy (non-hydrogen) atoms. The van der Waals surface area contributed by atoms with Crippen molar-refractivity contribution in [3.63, 3.8) is 0 Å². The number of carbonyl (C=O) groups excluding carboxylic acids is 1. The summed E-state index contributed by atoms with van der Waals surface area (Å²) in [5.74, 6) is 0.114. The van der Waals surface area contributed by atoms with E-state index < -0.39 is 10.1 Å². The van der Waals surface area contributed by atoms with Crippen molar-refractivity contribution in [1.82, 2.24) is 0 Å². The molecule has 0 heterocycles. The summed E-state index contributed by atoms with van der Waals surface area (Å²) in [6.45, 7) is 1.88. The fourth-order valence-corrected chi connectivity index (χ4v) is 2.46. The van der Waals surface area contributed by atoms with Gasteiger partial charge < -0.3 is 0 Å². The molecule has 0 saturated heterocycles. The smallest absolute Gasteiger partial charge is 0.267 e. The lowest BCUT2D eigenvalue weighted by Gasteiger charge is -2.03. The van der Waals surface area contributed by atoms with Crippen LogP contribution in [0.5, 0.6) is 0 Å². The van der Waals surface area contributed by atoms with Crippen LogP contribution in [0.4, 0.5) is 0 Å². The number of hydrogen-bond acceptors (Lipinski definition) is 4. The minimum atomic E-state index is -3.28. The van der Waals surface area contributed by atoms with E-state index in [0.717, 1.165) is 32.1 Å². The van der Waals surface area contributed by atoms with E-state index in [9.17, 15) is 13.2 Å². The Kier molecular flexibility index (Phi) is 9.52. The zero-order valence-corrected chi connectivity index (χ0v) is 10.7. The molecule has 0 amide bonds. The van der Waals surface area contributed by atoms with Gasteiger partial charge in [-0.1, -0.05) is 25.7 Å². The Balaban J connectivity index is 3.30. The van der Waals surface area contributed by atoms with Gasteiger partial charge in [0.2, 0.25) is 0 Å². The fourth-order valence-electron chi connectivity index (χ4n) is 1.42. The third-order valence-corrected chi connectivity index (χ3v) is 3.60. The second-order valence-electron chi connectivity index (χ2n) is 3.68. The lowest BCUT2D eigenvalue weighted by Crippen LogP contribution is -2.10. The normalized spacial score (nSPS) is 11.6. The Bertz CT molecular complexity index is 259. The highest BCUT2D eigenvalue weighted by Crippen LogP contribution is 2.08. The highest BCUT2D eigenvalue weighted by Gasteiger charge is 2.08. The summed E-state index contributed by atoms with van der Waals surface area (Å²) in [5.41, 5.74) is 0. The van der Waals surface area contributed by atoms with Crippen LogP contribution >= 0.6 is 0 Å². The molecule has 0 unspecified atom stereocenters. The van der Waals surface area contributed by atoms with E-state index in [1.807, 2.05) is 6.29 Å². The van der Waals surface area contributed by atoms with Gasteiger partial charge in [-0.05, 0) is 19.8 Å². The molecule has 5 heteroatoms. The maximum Gasteiger partial charge on any atom is 0.267 e. The van der Waals surface area contributed by atoms with Crippen LogP contribution in [-0.4, -0.2) is 27.1 Å². The average molecular weight is 249 g/mol. The lowest BCUT2D eigenvalue weighted by molar-refractivity contribution is 0.337. The van der Waals surface area contributed by atoms with Crippen LogP contribution in [-0.2, 0) is 19.1 Å². The third kappa shape index (κ3) is 10.1. The first-order chi connectivity index (χ1) is 7.62. The summed E-state index contributed by atoms with van der Waals surface area (Å²) in [6.07, 6.45) is 7.90. The molecule has 0 bridgehead atoms. The third-order valence-electron chi connectivity index (χ3n) is 2.22. The van der Waals surface area contributed by atoms with Crippen LogP contribution in [0.25, 0.3) is 0 Å². The molecule has 0 fully saturated rings. The largest absolute Gasteiger partial charge is 0.291 e. The molecule has 0 aromatic heterocycles. The fraction of sp³-hybridized carbons (Fsp3) is 0.909. The molecule has 0 saturated carbocycles. The van der Waals surface area contributed by atoms with Crippen molar-refractivity contribution < 1.29 is 17.4 Å². The van der Waals surface area contributed by atoms with E-state index >= 15 is 0 Å².